The number of halogens is 2. The summed E-state index contributed by atoms with van der Waals surface area (Å²) in [7, 11) is -3.86. The number of nitrogens with one attached hydrogen (secondary N) is 2. The second kappa shape index (κ2) is 9.90. The number of hydrogen-bond acceptors (Lipinski definition) is 6. The Kier molecular flexibility index (Phi) is 6.92. The van der Waals surface area contributed by atoms with E-state index in [1.54, 1.807) is 36.4 Å². The van der Waals surface area contributed by atoms with E-state index in [4.69, 9.17) is 11.6 Å². The number of H-pyrrole nitrogens is 1. The SMILES string of the molecule is O=c1[nH]c(=O)n(-c2ccccc2Cl)c(O)c1C=Nc1ccc(S(=O)(=O)Nc2ccccc2Br)cc1. The second-order valence-electron chi connectivity index (χ2n) is 7.12. The smallest absolute Gasteiger partial charge is 0.335 e. The van der Waals surface area contributed by atoms with Crippen molar-refractivity contribution in [2.45, 2.75) is 4.90 Å². The number of nitrogens with zero attached hydrogens (tertiary/aromatic N) is 2. The van der Waals surface area contributed by atoms with E-state index in [0.717, 1.165) is 10.8 Å². The van der Waals surface area contributed by atoms with Gasteiger partial charge in [0, 0.05) is 10.7 Å². The van der Waals surface area contributed by atoms with Gasteiger partial charge >= 0.3 is 5.69 Å². The molecule has 3 aromatic carbocycles. The monoisotopic (exact) mass is 574 g/mol. The fourth-order valence-electron chi connectivity index (χ4n) is 3.11. The first-order valence-corrected chi connectivity index (χ1v) is 12.6. The van der Waals surface area contributed by atoms with Gasteiger partial charge in [-0.2, -0.15) is 0 Å². The van der Waals surface area contributed by atoms with Gasteiger partial charge in [-0.1, -0.05) is 35.9 Å². The Bertz CT molecular complexity index is 1660. The standard InChI is InChI=1S/C23H16BrClN4O5S/c24-17-5-1-3-7-19(17)28-35(33,34)15-11-9-14(10-12-15)26-13-16-21(30)27-23(32)29(22(16)31)20-8-4-2-6-18(20)25/h1-13,28,31H,(H,27,30,32). The fourth-order valence-corrected chi connectivity index (χ4v) is 4.92. The Balaban J connectivity index is 1.63. The number of benzene rings is 3. The first-order valence-electron chi connectivity index (χ1n) is 9.92. The van der Waals surface area contributed by atoms with Crippen molar-refractivity contribution in [3.63, 3.8) is 0 Å². The van der Waals surface area contributed by atoms with Crippen LogP contribution in [0.5, 0.6) is 5.88 Å². The van der Waals surface area contributed by atoms with Crippen LogP contribution in [0.1, 0.15) is 5.56 Å². The number of sulfonamides is 1. The molecule has 0 aliphatic carbocycles. The number of aliphatic imine (C=N–C) groups is 1. The summed E-state index contributed by atoms with van der Waals surface area (Å²) >= 11 is 9.42. The van der Waals surface area contributed by atoms with Crippen molar-refractivity contribution in [2.24, 2.45) is 4.99 Å². The third-order valence-electron chi connectivity index (χ3n) is 4.82. The largest absolute Gasteiger partial charge is 0.493 e. The highest BCUT2D eigenvalue weighted by Gasteiger charge is 2.17. The second-order valence-corrected chi connectivity index (χ2v) is 10.1. The summed E-state index contributed by atoms with van der Waals surface area (Å²) < 4.78 is 29.3. The van der Waals surface area contributed by atoms with Gasteiger partial charge in [0.2, 0.25) is 5.88 Å². The minimum atomic E-state index is -3.86. The van der Waals surface area contributed by atoms with Crippen molar-refractivity contribution in [3.8, 4) is 11.6 Å². The molecule has 12 heteroatoms. The van der Waals surface area contributed by atoms with E-state index >= 15 is 0 Å². The zero-order valence-corrected chi connectivity index (χ0v) is 20.8. The molecule has 35 heavy (non-hydrogen) atoms. The lowest BCUT2D eigenvalue weighted by atomic mass is 10.2. The lowest BCUT2D eigenvalue weighted by molar-refractivity contribution is 0.430. The van der Waals surface area contributed by atoms with Crippen LogP contribution >= 0.6 is 27.5 Å². The molecule has 0 radical (unpaired) electrons. The molecule has 0 aliphatic rings. The van der Waals surface area contributed by atoms with Gasteiger partial charge in [0.25, 0.3) is 15.6 Å². The molecule has 178 valence electrons. The van der Waals surface area contributed by atoms with Crippen LogP contribution in [0.4, 0.5) is 11.4 Å². The Morgan fingerprint density at radius 2 is 1.66 bits per heavy atom. The van der Waals surface area contributed by atoms with E-state index in [1.165, 1.54) is 36.4 Å². The van der Waals surface area contributed by atoms with Crippen LogP contribution in [0.15, 0.2) is 96.7 Å². The van der Waals surface area contributed by atoms with Crippen LogP contribution < -0.4 is 16.0 Å². The van der Waals surface area contributed by atoms with Crippen molar-refractivity contribution in [1.29, 1.82) is 0 Å². The zero-order valence-electron chi connectivity index (χ0n) is 17.6. The predicted octanol–water partition coefficient (Wildman–Crippen LogP) is 4.20. The summed E-state index contributed by atoms with van der Waals surface area (Å²) in [4.78, 5) is 30.8. The van der Waals surface area contributed by atoms with Crippen LogP contribution in [0.3, 0.4) is 0 Å². The molecule has 0 bridgehead atoms. The third kappa shape index (κ3) is 5.21. The topological polar surface area (TPSA) is 134 Å². The minimum Gasteiger partial charge on any atom is -0.493 e. The van der Waals surface area contributed by atoms with Crippen molar-refractivity contribution in [1.82, 2.24) is 9.55 Å². The molecule has 0 unspecified atom stereocenters. The van der Waals surface area contributed by atoms with Crippen molar-refractivity contribution < 1.29 is 13.5 Å². The summed E-state index contributed by atoms with van der Waals surface area (Å²) in [5.74, 6) is -0.646. The quantitative estimate of drug-likeness (QED) is 0.296. The number of aromatic amines is 1. The van der Waals surface area contributed by atoms with E-state index in [1.807, 2.05) is 0 Å². The summed E-state index contributed by atoms with van der Waals surface area (Å²) in [6.45, 7) is 0. The molecule has 0 amide bonds. The van der Waals surface area contributed by atoms with Gasteiger partial charge < -0.3 is 5.11 Å². The average Bonchev–Trinajstić information content (AvgIpc) is 2.81. The van der Waals surface area contributed by atoms with E-state index in [0.29, 0.717) is 15.8 Å². The maximum atomic E-state index is 12.7. The molecule has 3 N–H and O–H groups in total. The molecule has 1 heterocycles. The highest BCUT2D eigenvalue weighted by molar-refractivity contribution is 9.10. The van der Waals surface area contributed by atoms with Gasteiger partial charge in [0.15, 0.2) is 0 Å². The molecule has 0 aliphatic heterocycles. The van der Waals surface area contributed by atoms with Gasteiger partial charge in [-0.15, -0.1) is 0 Å². The predicted molar refractivity (Wildman–Crippen MR) is 138 cm³/mol. The normalized spacial score (nSPS) is 11.6. The van der Waals surface area contributed by atoms with Crippen LogP contribution in [-0.2, 0) is 10.0 Å². The van der Waals surface area contributed by atoms with Crippen LogP contribution in [0.2, 0.25) is 5.02 Å². The molecule has 9 nitrogen and oxygen atoms in total. The number of hydrogen-bond donors (Lipinski definition) is 3. The van der Waals surface area contributed by atoms with Gasteiger partial charge in [-0.25, -0.2) is 17.8 Å². The molecular formula is C23H16BrClN4O5S. The number of aromatic hydroxyl groups is 1. The molecule has 0 saturated carbocycles. The Morgan fingerprint density at radius 3 is 2.34 bits per heavy atom. The zero-order chi connectivity index (χ0) is 25.2. The first kappa shape index (κ1) is 24.5. The maximum absolute atomic E-state index is 12.7. The highest BCUT2D eigenvalue weighted by atomic mass is 79.9. The van der Waals surface area contributed by atoms with Gasteiger partial charge in [0.1, 0.15) is 5.56 Å². The molecular weight excluding hydrogens is 560 g/mol. The average molecular weight is 576 g/mol. The molecule has 0 saturated heterocycles. The van der Waals surface area contributed by atoms with Gasteiger partial charge in [-0.3, -0.25) is 19.5 Å². The summed E-state index contributed by atoms with van der Waals surface area (Å²) in [6, 6.07) is 18.7. The van der Waals surface area contributed by atoms with Gasteiger partial charge in [0.05, 0.1) is 27.0 Å². The number of rotatable bonds is 6. The van der Waals surface area contributed by atoms with Gasteiger partial charge in [-0.05, 0) is 64.5 Å². The van der Waals surface area contributed by atoms with E-state index in [-0.39, 0.29) is 21.2 Å². The molecule has 1 aromatic heterocycles. The molecule has 0 fully saturated rings. The fraction of sp³-hybridized carbons (Fsp3) is 0. The molecule has 4 aromatic rings. The number of para-hydroxylation sites is 2. The van der Waals surface area contributed by atoms with E-state index in [2.05, 4.69) is 30.6 Å². The lowest BCUT2D eigenvalue weighted by Crippen LogP contribution is -2.31. The Labute approximate surface area is 212 Å². The van der Waals surface area contributed by atoms with Crippen molar-refractivity contribution >= 4 is 55.1 Å². The third-order valence-corrected chi connectivity index (χ3v) is 7.21. The Hall–Kier alpha value is -3.67. The van der Waals surface area contributed by atoms with Crippen LogP contribution in [0, 0.1) is 0 Å². The van der Waals surface area contributed by atoms with E-state index in [9.17, 15) is 23.1 Å². The van der Waals surface area contributed by atoms with Crippen molar-refractivity contribution in [2.75, 3.05) is 4.72 Å². The first-order chi connectivity index (χ1) is 16.7. The maximum Gasteiger partial charge on any atom is 0.335 e. The lowest BCUT2D eigenvalue weighted by Gasteiger charge is -2.11. The van der Waals surface area contributed by atoms with Crippen LogP contribution in [0.25, 0.3) is 5.69 Å². The van der Waals surface area contributed by atoms with E-state index < -0.39 is 27.2 Å². The summed E-state index contributed by atoms with van der Waals surface area (Å²) in [5.41, 5.74) is -1.13. The van der Waals surface area contributed by atoms with Crippen LogP contribution in [-0.4, -0.2) is 29.3 Å². The number of aromatic nitrogens is 2. The minimum absolute atomic E-state index is 0.000154. The highest BCUT2D eigenvalue weighted by Crippen LogP contribution is 2.26. The van der Waals surface area contributed by atoms with Crippen molar-refractivity contribution in [3.05, 3.63) is 109 Å². The molecule has 0 atom stereocenters. The summed E-state index contributed by atoms with van der Waals surface area (Å²) in [5, 5.41) is 10.8. The molecule has 4 rings (SSSR count). The molecule has 0 spiro atoms. The Morgan fingerprint density at radius 1 is 1.00 bits per heavy atom. The summed E-state index contributed by atoms with van der Waals surface area (Å²) in [6.07, 6.45) is 1.07. The number of anilines is 1.